The smallest absolute Gasteiger partial charge is 0.216 e. The molecule has 2 aromatic heterocycles. The number of hydrogen-bond donors (Lipinski definition) is 1. The Kier molecular flexibility index (Phi) is 5.30. The number of thiophene rings is 1. The van der Waals surface area contributed by atoms with Crippen molar-refractivity contribution in [1.29, 1.82) is 0 Å². The number of nitrogens with one attached hydrogen (secondary N) is 1. The summed E-state index contributed by atoms with van der Waals surface area (Å²) >= 11 is 5.26. The zero-order valence-electron chi connectivity index (χ0n) is 10.9. The molecule has 19 heavy (non-hydrogen) atoms. The molecule has 2 aromatic rings. The molecule has 4 nitrogen and oxygen atoms in total. The molecule has 102 valence electrons. The molecule has 0 aromatic carbocycles. The monoisotopic (exact) mass is 341 g/mol. The third kappa shape index (κ3) is 3.52. The van der Waals surface area contributed by atoms with E-state index in [9.17, 15) is 0 Å². The first-order chi connectivity index (χ1) is 9.26. The van der Waals surface area contributed by atoms with E-state index < -0.39 is 0 Å². The lowest BCUT2D eigenvalue weighted by Crippen LogP contribution is -2.24. The van der Waals surface area contributed by atoms with Crippen LogP contribution in [0.15, 0.2) is 27.6 Å². The van der Waals surface area contributed by atoms with Crippen molar-refractivity contribution in [2.75, 3.05) is 13.7 Å². The highest BCUT2D eigenvalue weighted by Crippen LogP contribution is 2.31. The first-order valence-electron chi connectivity index (χ1n) is 6.07. The highest BCUT2D eigenvalue weighted by Gasteiger charge is 2.19. The van der Waals surface area contributed by atoms with Crippen molar-refractivity contribution in [2.24, 2.45) is 0 Å². The SMILES string of the molecule is CCCNC(c1cc(OC)ncn1)c1cscc1Br. The van der Waals surface area contributed by atoms with Gasteiger partial charge in [0.05, 0.1) is 18.8 Å². The first-order valence-corrected chi connectivity index (χ1v) is 7.80. The Hall–Kier alpha value is -0.980. The number of nitrogens with zero attached hydrogens (tertiary/aromatic N) is 2. The van der Waals surface area contributed by atoms with E-state index in [-0.39, 0.29) is 6.04 Å². The van der Waals surface area contributed by atoms with Crippen LogP contribution >= 0.6 is 27.3 Å². The summed E-state index contributed by atoms with van der Waals surface area (Å²) in [5.41, 5.74) is 2.11. The van der Waals surface area contributed by atoms with Crippen LogP contribution in [-0.4, -0.2) is 23.6 Å². The van der Waals surface area contributed by atoms with Gasteiger partial charge in [-0.2, -0.15) is 11.3 Å². The minimum Gasteiger partial charge on any atom is -0.481 e. The molecule has 0 saturated carbocycles. The van der Waals surface area contributed by atoms with Gasteiger partial charge < -0.3 is 10.1 Å². The molecule has 0 amide bonds. The Morgan fingerprint density at radius 1 is 1.42 bits per heavy atom. The third-order valence-corrected chi connectivity index (χ3v) is 4.47. The molecule has 0 aliphatic carbocycles. The number of aromatic nitrogens is 2. The number of ether oxygens (including phenoxy) is 1. The van der Waals surface area contributed by atoms with Gasteiger partial charge in [0.15, 0.2) is 0 Å². The lowest BCUT2D eigenvalue weighted by Gasteiger charge is -2.18. The molecule has 0 fully saturated rings. The van der Waals surface area contributed by atoms with E-state index in [0.717, 1.165) is 23.1 Å². The fourth-order valence-electron chi connectivity index (χ4n) is 1.78. The summed E-state index contributed by atoms with van der Waals surface area (Å²) in [4.78, 5) is 8.42. The Morgan fingerprint density at radius 3 is 2.89 bits per heavy atom. The normalized spacial score (nSPS) is 12.4. The fraction of sp³-hybridized carbons (Fsp3) is 0.385. The summed E-state index contributed by atoms with van der Waals surface area (Å²) in [5.74, 6) is 0.583. The van der Waals surface area contributed by atoms with Gasteiger partial charge in [-0.3, -0.25) is 0 Å². The second-order valence-corrected chi connectivity index (χ2v) is 5.65. The highest BCUT2D eigenvalue weighted by molar-refractivity contribution is 9.10. The van der Waals surface area contributed by atoms with E-state index >= 15 is 0 Å². The number of methoxy groups -OCH3 is 1. The first kappa shape index (κ1) is 14.4. The molecule has 0 saturated heterocycles. The maximum absolute atomic E-state index is 5.17. The van der Waals surface area contributed by atoms with Crippen LogP contribution in [0.4, 0.5) is 0 Å². The quantitative estimate of drug-likeness (QED) is 0.874. The average molecular weight is 342 g/mol. The molecule has 0 aliphatic heterocycles. The number of hydrogen-bond acceptors (Lipinski definition) is 5. The third-order valence-electron chi connectivity index (χ3n) is 2.72. The maximum Gasteiger partial charge on any atom is 0.216 e. The average Bonchev–Trinajstić information content (AvgIpc) is 2.86. The summed E-state index contributed by atoms with van der Waals surface area (Å²) in [6.45, 7) is 3.08. The van der Waals surface area contributed by atoms with E-state index in [1.54, 1.807) is 18.4 Å². The Morgan fingerprint density at radius 2 is 2.26 bits per heavy atom. The van der Waals surface area contributed by atoms with Crippen molar-refractivity contribution >= 4 is 27.3 Å². The van der Waals surface area contributed by atoms with Crippen LogP contribution in [0, 0.1) is 0 Å². The summed E-state index contributed by atoms with van der Waals surface area (Å²) in [7, 11) is 1.61. The van der Waals surface area contributed by atoms with Crippen LogP contribution in [0.2, 0.25) is 0 Å². The lowest BCUT2D eigenvalue weighted by molar-refractivity contribution is 0.394. The minimum atomic E-state index is 0.0532. The molecule has 1 N–H and O–H groups in total. The van der Waals surface area contributed by atoms with Gasteiger partial charge in [-0.05, 0) is 39.8 Å². The molecule has 6 heteroatoms. The molecule has 0 aliphatic rings. The van der Waals surface area contributed by atoms with Gasteiger partial charge in [0.25, 0.3) is 0 Å². The molecule has 0 bridgehead atoms. The van der Waals surface area contributed by atoms with Crippen molar-refractivity contribution in [3.8, 4) is 5.88 Å². The topological polar surface area (TPSA) is 47.0 Å². The largest absolute Gasteiger partial charge is 0.481 e. The van der Waals surface area contributed by atoms with Crippen molar-refractivity contribution < 1.29 is 4.74 Å². The second-order valence-electron chi connectivity index (χ2n) is 4.05. The molecule has 0 radical (unpaired) electrons. The van der Waals surface area contributed by atoms with Crippen LogP contribution < -0.4 is 10.1 Å². The summed E-state index contributed by atoms with van der Waals surface area (Å²) in [6.07, 6.45) is 2.61. The van der Waals surface area contributed by atoms with E-state index in [4.69, 9.17) is 4.74 Å². The maximum atomic E-state index is 5.17. The molecule has 2 heterocycles. The van der Waals surface area contributed by atoms with Crippen LogP contribution in [0.1, 0.15) is 30.6 Å². The van der Waals surface area contributed by atoms with Gasteiger partial charge in [0.1, 0.15) is 6.33 Å². The molecular formula is C13H16BrN3OS. The zero-order valence-corrected chi connectivity index (χ0v) is 13.3. The van der Waals surface area contributed by atoms with Gasteiger partial charge in [-0.25, -0.2) is 9.97 Å². The highest BCUT2D eigenvalue weighted by atomic mass is 79.9. The second kappa shape index (κ2) is 6.98. The predicted octanol–water partition coefficient (Wildman–Crippen LogP) is 3.40. The number of halogens is 1. The van der Waals surface area contributed by atoms with E-state index in [1.807, 2.05) is 6.07 Å². The molecule has 2 rings (SSSR count). The van der Waals surface area contributed by atoms with Gasteiger partial charge >= 0.3 is 0 Å². The van der Waals surface area contributed by atoms with E-state index in [0.29, 0.717) is 5.88 Å². The van der Waals surface area contributed by atoms with E-state index in [1.165, 1.54) is 11.9 Å². The zero-order chi connectivity index (χ0) is 13.7. The fourth-order valence-corrected chi connectivity index (χ4v) is 3.33. The minimum absolute atomic E-state index is 0.0532. The molecule has 0 spiro atoms. The Balaban J connectivity index is 2.34. The summed E-state index contributed by atoms with van der Waals surface area (Å²) in [5, 5.41) is 7.72. The van der Waals surface area contributed by atoms with E-state index in [2.05, 4.69) is 48.9 Å². The Bertz CT molecular complexity index is 532. The summed E-state index contributed by atoms with van der Waals surface area (Å²) in [6, 6.07) is 1.93. The molecule has 1 unspecified atom stereocenters. The molecular weight excluding hydrogens is 326 g/mol. The van der Waals surface area contributed by atoms with Crippen LogP contribution in [0.3, 0.4) is 0 Å². The van der Waals surface area contributed by atoms with Crippen molar-refractivity contribution in [3.05, 3.63) is 38.9 Å². The van der Waals surface area contributed by atoms with Crippen molar-refractivity contribution in [3.63, 3.8) is 0 Å². The van der Waals surface area contributed by atoms with Gasteiger partial charge in [-0.1, -0.05) is 6.92 Å². The standard InChI is InChI=1S/C13H16BrN3OS/c1-3-4-15-13(9-6-19-7-10(9)14)11-5-12(18-2)17-8-16-11/h5-8,13,15H,3-4H2,1-2H3. The van der Waals surface area contributed by atoms with Crippen LogP contribution in [0.5, 0.6) is 5.88 Å². The van der Waals surface area contributed by atoms with Crippen LogP contribution in [0.25, 0.3) is 0 Å². The van der Waals surface area contributed by atoms with Crippen LogP contribution in [-0.2, 0) is 0 Å². The van der Waals surface area contributed by atoms with Gasteiger partial charge in [0.2, 0.25) is 5.88 Å². The van der Waals surface area contributed by atoms with Gasteiger partial charge in [-0.15, -0.1) is 0 Å². The Labute approximate surface area is 125 Å². The molecule has 1 atom stereocenters. The lowest BCUT2D eigenvalue weighted by atomic mass is 10.1. The summed E-state index contributed by atoms with van der Waals surface area (Å²) < 4.78 is 6.27. The van der Waals surface area contributed by atoms with Crippen molar-refractivity contribution in [2.45, 2.75) is 19.4 Å². The van der Waals surface area contributed by atoms with Gasteiger partial charge in [0, 0.05) is 15.9 Å². The number of rotatable bonds is 6. The van der Waals surface area contributed by atoms with Crippen molar-refractivity contribution in [1.82, 2.24) is 15.3 Å². The predicted molar refractivity (Wildman–Crippen MR) is 80.7 cm³/mol.